The molecule has 2 aromatic carbocycles. The number of fused-ring (bicyclic) bond motifs is 1. The van der Waals surface area contributed by atoms with Crippen molar-refractivity contribution in [3.8, 4) is 0 Å². The summed E-state index contributed by atoms with van der Waals surface area (Å²) in [6.07, 6.45) is 0. The maximum Gasteiger partial charge on any atom is 0.275 e. The Hall–Kier alpha value is -3.81. The number of carboxylic acids is 1. The first-order chi connectivity index (χ1) is 12.5. The van der Waals surface area contributed by atoms with Gasteiger partial charge in [0.1, 0.15) is 12.2 Å². The third kappa shape index (κ3) is 3.34. The van der Waals surface area contributed by atoms with Crippen LogP contribution in [-0.2, 0) is 11.3 Å². The van der Waals surface area contributed by atoms with Crippen LogP contribution >= 0.6 is 0 Å². The summed E-state index contributed by atoms with van der Waals surface area (Å²) in [7, 11) is 0. The van der Waals surface area contributed by atoms with E-state index in [2.05, 4.69) is 10.4 Å². The predicted molar refractivity (Wildman–Crippen MR) is 89.2 cm³/mol. The van der Waals surface area contributed by atoms with Gasteiger partial charge in [-0.3, -0.25) is 19.7 Å². The number of benzene rings is 2. The lowest BCUT2D eigenvalue weighted by Gasteiger charge is -2.11. The normalized spacial score (nSPS) is 10.5. The fourth-order valence-corrected chi connectivity index (χ4v) is 2.46. The molecule has 0 fully saturated rings. The average Bonchev–Trinajstić information content (AvgIpc) is 2.64. The first-order valence-electron chi connectivity index (χ1n) is 7.58. The van der Waals surface area contributed by atoms with Gasteiger partial charge in [0.2, 0.25) is 5.91 Å². The summed E-state index contributed by atoms with van der Waals surface area (Å²) in [6.45, 7) is -0.609. The highest BCUT2D eigenvalue weighted by atomic mass is 16.4. The molecule has 0 aliphatic rings. The number of nitrogens with one attached hydrogen (secondary N) is 1. The van der Waals surface area contributed by atoms with Crippen molar-refractivity contribution in [2.45, 2.75) is 6.54 Å². The van der Waals surface area contributed by atoms with Crippen LogP contribution in [0.5, 0.6) is 0 Å². The van der Waals surface area contributed by atoms with E-state index in [1.165, 1.54) is 24.3 Å². The second-order valence-corrected chi connectivity index (χ2v) is 5.39. The third-order valence-corrected chi connectivity index (χ3v) is 3.64. The Labute approximate surface area is 146 Å². The zero-order valence-corrected chi connectivity index (χ0v) is 13.3. The van der Waals surface area contributed by atoms with Crippen LogP contribution in [0.1, 0.15) is 20.8 Å². The fraction of sp³-hybridized carbons (Fsp3) is 0.0556. The number of carboxylic acid groups (broad SMARTS) is 1. The highest BCUT2D eigenvalue weighted by Crippen LogP contribution is 2.12. The number of amides is 2. The lowest BCUT2D eigenvalue weighted by Crippen LogP contribution is -2.38. The molecule has 8 heteroatoms. The van der Waals surface area contributed by atoms with E-state index in [4.69, 9.17) is 0 Å². The Morgan fingerprint density at radius 2 is 1.58 bits per heavy atom. The largest absolute Gasteiger partial charge is 0.543 e. The van der Waals surface area contributed by atoms with Crippen molar-refractivity contribution in [3.63, 3.8) is 0 Å². The molecule has 8 nitrogen and oxygen atoms in total. The van der Waals surface area contributed by atoms with E-state index in [1.807, 2.05) is 0 Å². The SMILES string of the molecule is O=C(Cn1nc(C(=O)[O-])c2ccccc2c1=O)NC(=O)c1ccccc1. The number of carbonyl (C=O) groups excluding carboxylic acids is 3. The van der Waals surface area contributed by atoms with Gasteiger partial charge in [0, 0.05) is 10.9 Å². The molecule has 0 aliphatic heterocycles. The molecule has 130 valence electrons. The van der Waals surface area contributed by atoms with Gasteiger partial charge in [-0.2, -0.15) is 5.10 Å². The van der Waals surface area contributed by atoms with Crippen LogP contribution in [0, 0.1) is 0 Å². The first kappa shape index (κ1) is 17.0. The van der Waals surface area contributed by atoms with E-state index < -0.39 is 35.6 Å². The zero-order chi connectivity index (χ0) is 18.7. The second kappa shape index (κ2) is 6.98. The molecular formula is C18H12N3O5-. The molecule has 26 heavy (non-hydrogen) atoms. The van der Waals surface area contributed by atoms with E-state index in [0.717, 1.165) is 0 Å². The molecule has 0 atom stereocenters. The minimum absolute atomic E-state index is 0.0869. The van der Waals surface area contributed by atoms with Gasteiger partial charge in [-0.1, -0.05) is 36.4 Å². The molecular weight excluding hydrogens is 338 g/mol. The van der Waals surface area contributed by atoms with Crippen molar-refractivity contribution in [1.82, 2.24) is 15.1 Å². The number of hydrogen-bond acceptors (Lipinski definition) is 6. The summed E-state index contributed by atoms with van der Waals surface area (Å²) >= 11 is 0. The fourth-order valence-electron chi connectivity index (χ4n) is 2.46. The van der Waals surface area contributed by atoms with E-state index in [9.17, 15) is 24.3 Å². The molecule has 1 N–H and O–H groups in total. The molecule has 2 amide bonds. The smallest absolute Gasteiger partial charge is 0.275 e. The van der Waals surface area contributed by atoms with Crippen LogP contribution in [0.2, 0.25) is 0 Å². The summed E-state index contributed by atoms with van der Waals surface area (Å²) < 4.78 is 0.696. The minimum atomic E-state index is -1.57. The van der Waals surface area contributed by atoms with Gasteiger partial charge in [-0.15, -0.1) is 0 Å². The molecule has 0 saturated heterocycles. The highest BCUT2D eigenvalue weighted by molar-refractivity contribution is 6.04. The van der Waals surface area contributed by atoms with Gasteiger partial charge in [0.05, 0.1) is 11.4 Å². The quantitative estimate of drug-likeness (QED) is 0.690. The molecule has 0 spiro atoms. The molecule has 0 bridgehead atoms. The van der Waals surface area contributed by atoms with Gasteiger partial charge < -0.3 is 9.90 Å². The van der Waals surface area contributed by atoms with Crippen LogP contribution in [-0.4, -0.2) is 27.6 Å². The standard InChI is InChI=1S/C18H13N3O5/c22-14(19-16(23)11-6-2-1-3-7-11)10-21-17(24)13-9-5-4-8-12(13)15(20-21)18(25)26/h1-9H,10H2,(H,25,26)(H,19,22,23)/p-1. The number of rotatable bonds is 4. The maximum atomic E-state index is 12.4. The second-order valence-electron chi connectivity index (χ2n) is 5.39. The zero-order valence-electron chi connectivity index (χ0n) is 13.3. The monoisotopic (exact) mass is 350 g/mol. The molecule has 0 aliphatic carbocycles. The molecule has 1 heterocycles. The topological polar surface area (TPSA) is 121 Å². The van der Waals surface area contributed by atoms with Gasteiger partial charge in [-0.25, -0.2) is 4.68 Å². The van der Waals surface area contributed by atoms with E-state index in [0.29, 0.717) is 4.68 Å². The Balaban J connectivity index is 1.90. The summed E-state index contributed by atoms with van der Waals surface area (Å²) in [5.74, 6) is -3.01. The Morgan fingerprint density at radius 3 is 2.23 bits per heavy atom. The Morgan fingerprint density at radius 1 is 0.962 bits per heavy atom. The highest BCUT2D eigenvalue weighted by Gasteiger charge is 2.15. The molecule has 3 aromatic rings. The van der Waals surface area contributed by atoms with E-state index in [-0.39, 0.29) is 16.3 Å². The number of nitrogens with zero attached hydrogens (tertiary/aromatic N) is 2. The number of aromatic carboxylic acids is 1. The van der Waals surface area contributed by atoms with Gasteiger partial charge in [0.25, 0.3) is 11.5 Å². The predicted octanol–water partition coefficient (Wildman–Crippen LogP) is -0.283. The van der Waals surface area contributed by atoms with Crippen LogP contribution in [0.4, 0.5) is 0 Å². The molecule has 0 unspecified atom stereocenters. The number of imide groups is 1. The van der Waals surface area contributed by atoms with Crippen molar-refractivity contribution in [2.75, 3.05) is 0 Å². The summed E-state index contributed by atoms with van der Waals surface area (Å²) in [4.78, 5) is 47.7. The first-order valence-corrected chi connectivity index (χ1v) is 7.58. The molecule has 1 aromatic heterocycles. The van der Waals surface area contributed by atoms with Crippen LogP contribution < -0.4 is 16.0 Å². The summed E-state index contributed by atoms with van der Waals surface area (Å²) in [5.41, 5.74) is -0.828. The van der Waals surface area contributed by atoms with Crippen molar-refractivity contribution in [2.24, 2.45) is 0 Å². The number of hydrogen-bond donors (Lipinski definition) is 1. The lowest BCUT2D eigenvalue weighted by molar-refractivity contribution is -0.255. The van der Waals surface area contributed by atoms with Crippen LogP contribution in [0.3, 0.4) is 0 Å². The average molecular weight is 350 g/mol. The van der Waals surface area contributed by atoms with Gasteiger partial charge in [0.15, 0.2) is 0 Å². The third-order valence-electron chi connectivity index (χ3n) is 3.64. The Bertz CT molecular complexity index is 1070. The van der Waals surface area contributed by atoms with E-state index >= 15 is 0 Å². The van der Waals surface area contributed by atoms with Crippen LogP contribution in [0.15, 0.2) is 59.4 Å². The lowest BCUT2D eigenvalue weighted by atomic mass is 10.1. The molecule has 0 saturated carbocycles. The minimum Gasteiger partial charge on any atom is -0.543 e. The van der Waals surface area contributed by atoms with Crippen molar-refractivity contribution in [3.05, 3.63) is 76.2 Å². The number of carbonyl (C=O) groups is 3. The molecule has 3 rings (SSSR count). The number of aromatic nitrogens is 2. The maximum absolute atomic E-state index is 12.4. The summed E-state index contributed by atoms with van der Waals surface area (Å²) in [5, 5.41) is 17.3. The Kier molecular flexibility index (Phi) is 4.57. The van der Waals surface area contributed by atoms with Gasteiger partial charge >= 0.3 is 0 Å². The van der Waals surface area contributed by atoms with Crippen molar-refractivity contribution >= 4 is 28.6 Å². The summed E-state index contributed by atoms with van der Waals surface area (Å²) in [6, 6.07) is 14.0. The van der Waals surface area contributed by atoms with Crippen molar-refractivity contribution < 1.29 is 19.5 Å². The van der Waals surface area contributed by atoms with Crippen molar-refractivity contribution in [1.29, 1.82) is 0 Å². The van der Waals surface area contributed by atoms with Crippen LogP contribution in [0.25, 0.3) is 10.8 Å². The molecule has 0 radical (unpaired) electrons. The van der Waals surface area contributed by atoms with E-state index in [1.54, 1.807) is 30.3 Å². The van der Waals surface area contributed by atoms with Gasteiger partial charge in [-0.05, 0) is 18.2 Å².